The van der Waals surface area contributed by atoms with Crippen LogP contribution in [0, 0.1) is 0 Å². The molecule has 0 atom stereocenters. The first-order chi connectivity index (χ1) is 13.7. The normalized spacial score (nSPS) is 11.9. The Balaban J connectivity index is 1.64. The van der Waals surface area contributed by atoms with E-state index in [1.165, 1.54) is 32.3 Å². The lowest BCUT2D eigenvalue weighted by Gasteiger charge is -2.17. The average molecular weight is 427 g/mol. The van der Waals surface area contributed by atoms with E-state index in [1.807, 2.05) is 23.4 Å². The molecule has 0 aliphatic rings. The summed E-state index contributed by atoms with van der Waals surface area (Å²) >= 11 is 3.49. The second kappa shape index (κ2) is 6.92. The molecule has 5 aromatic rings. The van der Waals surface area contributed by atoms with Gasteiger partial charge in [0.05, 0.1) is 11.9 Å². The van der Waals surface area contributed by atoms with Gasteiger partial charge in [-0.2, -0.15) is 5.10 Å². The van der Waals surface area contributed by atoms with Crippen LogP contribution in [0.4, 0.5) is 5.69 Å². The zero-order chi connectivity index (χ0) is 19.1. The Bertz CT molecular complexity index is 1290. The molecule has 5 rings (SSSR count). The first-order valence-electron chi connectivity index (χ1n) is 9.48. The van der Waals surface area contributed by atoms with Gasteiger partial charge in [0.2, 0.25) is 0 Å². The third kappa shape index (κ3) is 2.83. The second-order valence-corrected chi connectivity index (χ2v) is 7.86. The van der Waals surface area contributed by atoms with Crippen LogP contribution >= 0.6 is 15.9 Å². The summed E-state index contributed by atoms with van der Waals surface area (Å²) < 4.78 is 1.07. The molecule has 0 spiro atoms. The van der Waals surface area contributed by atoms with Crippen molar-refractivity contribution >= 4 is 60.1 Å². The third-order valence-corrected chi connectivity index (χ3v) is 5.85. The molecule has 5 aromatic carbocycles. The van der Waals surface area contributed by atoms with Gasteiger partial charge in [0.25, 0.3) is 0 Å². The van der Waals surface area contributed by atoms with Crippen molar-refractivity contribution in [2.45, 2.75) is 6.92 Å². The predicted molar refractivity (Wildman–Crippen MR) is 125 cm³/mol. The van der Waals surface area contributed by atoms with Crippen molar-refractivity contribution in [3.05, 3.63) is 88.9 Å². The molecule has 2 nitrogen and oxygen atoms in total. The number of nitrogens with zero attached hydrogens (tertiary/aromatic N) is 2. The lowest BCUT2D eigenvalue weighted by atomic mass is 9.92. The molecule has 28 heavy (non-hydrogen) atoms. The fourth-order valence-corrected chi connectivity index (χ4v) is 4.21. The fraction of sp³-hybridized carbons (Fsp3) is 0.0800. The second-order valence-electron chi connectivity index (χ2n) is 6.95. The van der Waals surface area contributed by atoms with Crippen molar-refractivity contribution in [1.82, 2.24) is 0 Å². The zero-order valence-electron chi connectivity index (χ0n) is 15.6. The molecule has 0 N–H and O–H groups in total. The number of hydrogen-bond acceptors (Lipinski definition) is 2. The highest BCUT2D eigenvalue weighted by Gasteiger charge is 2.10. The van der Waals surface area contributed by atoms with Crippen molar-refractivity contribution in [3.63, 3.8) is 0 Å². The molecule has 0 saturated carbocycles. The molecule has 0 bridgehead atoms. The Labute approximate surface area is 172 Å². The van der Waals surface area contributed by atoms with Gasteiger partial charge in [0.15, 0.2) is 0 Å². The highest BCUT2D eigenvalue weighted by molar-refractivity contribution is 9.10. The van der Waals surface area contributed by atoms with Crippen LogP contribution in [0.25, 0.3) is 32.3 Å². The fourth-order valence-electron chi connectivity index (χ4n) is 3.95. The van der Waals surface area contributed by atoms with E-state index in [1.54, 1.807) is 0 Å². The van der Waals surface area contributed by atoms with Gasteiger partial charge in [0.1, 0.15) is 0 Å². The SMILES string of the molecule is CCN(/N=C/c1ccc2ccc3cccc4ccc1c2c34)c1ccc(Br)cc1. The number of hydrazone groups is 1. The van der Waals surface area contributed by atoms with Crippen molar-refractivity contribution in [3.8, 4) is 0 Å². The highest BCUT2D eigenvalue weighted by atomic mass is 79.9. The summed E-state index contributed by atoms with van der Waals surface area (Å²) in [6.07, 6.45) is 1.98. The first-order valence-corrected chi connectivity index (χ1v) is 10.3. The van der Waals surface area contributed by atoms with Gasteiger partial charge in [0, 0.05) is 16.6 Å². The quantitative estimate of drug-likeness (QED) is 0.168. The Morgan fingerprint density at radius 3 is 2.14 bits per heavy atom. The van der Waals surface area contributed by atoms with E-state index < -0.39 is 0 Å². The predicted octanol–water partition coefficient (Wildman–Crippen LogP) is 7.21. The molecule has 0 amide bonds. The molecular weight excluding hydrogens is 408 g/mol. The van der Waals surface area contributed by atoms with Crippen LogP contribution in [0.15, 0.2) is 88.4 Å². The molecule has 0 aromatic heterocycles. The van der Waals surface area contributed by atoms with Crippen molar-refractivity contribution in [1.29, 1.82) is 0 Å². The van der Waals surface area contributed by atoms with Crippen LogP contribution in [0.5, 0.6) is 0 Å². The maximum atomic E-state index is 4.79. The number of halogens is 1. The zero-order valence-corrected chi connectivity index (χ0v) is 17.1. The van der Waals surface area contributed by atoms with E-state index >= 15 is 0 Å². The lowest BCUT2D eigenvalue weighted by Crippen LogP contribution is -2.15. The molecular formula is C25H19BrN2. The van der Waals surface area contributed by atoms with Crippen molar-refractivity contribution in [2.75, 3.05) is 11.6 Å². The van der Waals surface area contributed by atoms with Gasteiger partial charge in [-0.1, -0.05) is 70.5 Å². The monoisotopic (exact) mass is 426 g/mol. The van der Waals surface area contributed by atoms with Gasteiger partial charge in [-0.15, -0.1) is 0 Å². The highest BCUT2D eigenvalue weighted by Crippen LogP contribution is 2.35. The molecule has 0 unspecified atom stereocenters. The summed E-state index contributed by atoms with van der Waals surface area (Å²) in [5.74, 6) is 0. The topological polar surface area (TPSA) is 15.6 Å². The van der Waals surface area contributed by atoms with Crippen molar-refractivity contribution < 1.29 is 0 Å². The number of hydrogen-bond donors (Lipinski definition) is 0. The maximum absolute atomic E-state index is 4.79. The largest absolute Gasteiger partial charge is 0.266 e. The van der Waals surface area contributed by atoms with Gasteiger partial charge in [-0.3, -0.25) is 5.01 Å². The third-order valence-electron chi connectivity index (χ3n) is 5.32. The minimum atomic E-state index is 0.809. The number of rotatable bonds is 4. The van der Waals surface area contributed by atoms with Crippen LogP contribution in [0.1, 0.15) is 12.5 Å². The number of anilines is 1. The summed E-state index contributed by atoms with van der Waals surface area (Å²) in [6.45, 7) is 2.92. The minimum Gasteiger partial charge on any atom is -0.266 e. The van der Waals surface area contributed by atoms with E-state index in [9.17, 15) is 0 Å². The maximum Gasteiger partial charge on any atom is 0.0594 e. The van der Waals surface area contributed by atoms with Crippen LogP contribution in [0.2, 0.25) is 0 Å². The van der Waals surface area contributed by atoms with Gasteiger partial charge in [-0.25, -0.2) is 0 Å². The van der Waals surface area contributed by atoms with Crippen LogP contribution in [-0.2, 0) is 0 Å². The van der Waals surface area contributed by atoms with Crippen LogP contribution in [0.3, 0.4) is 0 Å². The average Bonchev–Trinajstić information content (AvgIpc) is 2.74. The summed E-state index contributed by atoms with van der Waals surface area (Å²) in [5.41, 5.74) is 2.22. The first kappa shape index (κ1) is 17.2. The molecule has 136 valence electrons. The van der Waals surface area contributed by atoms with E-state index in [0.717, 1.165) is 22.3 Å². The van der Waals surface area contributed by atoms with Gasteiger partial charge < -0.3 is 0 Å². The molecule has 0 heterocycles. The Kier molecular flexibility index (Phi) is 4.25. The molecule has 0 aliphatic carbocycles. The van der Waals surface area contributed by atoms with Crippen molar-refractivity contribution in [2.24, 2.45) is 5.10 Å². The van der Waals surface area contributed by atoms with E-state index in [2.05, 4.69) is 89.6 Å². The minimum absolute atomic E-state index is 0.809. The van der Waals surface area contributed by atoms with Gasteiger partial charge in [-0.05, 0) is 63.5 Å². The molecule has 0 aliphatic heterocycles. The van der Waals surface area contributed by atoms with E-state index in [0.29, 0.717) is 0 Å². The van der Waals surface area contributed by atoms with Gasteiger partial charge >= 0.3 is 0 Å². The summed E-state index contributed by atoms with van der Waals surface area (Å²) in [5, 5.41) is 14.6. The summed E-state index contributed by atoms with van der Waals surface area (Å²) in [4.78, 5) is 0. The molecule has 0 fully saturated rings. The Morgan fingerprint density at radius 1 is 0.786 bits per heavy atom. The molecule has 3 heteroatoms. The number of benzene rings is 5. The molecule has 0 radical (unpaired) electrons. The standard InChI is InChI=1S/C25H19BrN2/c1-2-28(22-13-11-21(26)12-14-22)27-16-20-9-8-19-7-6-17-4-3-5-18-10-15-23(20)25(19)24(17)18/h3-16H,2H2,1H3/b27-16+. The van der Waals surface area contributed by atoms with Crippen LogP contribution in [-0.4, -0.2) is 12.8 Å². The lowest BCUT2D eigenvalue weighted by molar-refractivity contribution is 0.897. The van der Waals surface area contributed by atoms with E-state index in [4.69, 9.17) is 5.10 Å². The van der Waals surface area contributed by atoms with Crippen LogP contribution < -0.4 is 5.01 Å². The summed E-state index contributed by atoms with van der Waals surface area (Å²) in [7, 11) is 0. The smallest absolute Gasteiger partial charge is 0.0594 e. The molecule has 0 saturated heterocycles. The van der Waals surface area contributed by atoms with E-state index in [-0.39, 0.29) is 0 Å². The Hall–Kier alpha value is -2.91. The summed E-state index contributed by atoms with van der Waals surface area (Å²) in [6, 6.07) is 28.0. The Morgan fingerprint density at radius 2 is 1.43 bits per heavy atom.